The second kappa shape index (κ2) is 4.52. The Labute approximate surface area is 94.2 Å². The molecule has 0 radical (unpaired) electrons. The Balaban J connectivity index is 2.69. The standard InChI is InChI=1S/C10H17N3O3/c1-10(2,3)16-9(15)11-7-5-13(4)12-8(7)6-14/h5,14H,6H2,1-4H3,(H,11,15). The van der Waals surface area contributed by atoms with Crippen molar-refractivity contribution < 1.29 is 14.6 Å². The average Bonchev–Trinajstić information content (AvgIpc) is 2.42. The molecule has 1 aromatic rings. The molecule has 1 amide bonds. The summed E-state index contributed by atoms with van der Waals surface area (Å²) in [4.78, 5) is 11.5. The molecule has 2 N–H and O–H groups in total. The van der Waals surface area contributed by atoms with E-state index in [-0.39, 0.29) is 6.61 Å². The number of hydrogen-bond donors (Lipinski definition) is 2. The lowest BCUT2D eigenvalue weighted by Gasteiger charge is -2.19. The summed E-state index contributed by atoms with van der Waals surface area (Å²) < 4.78 is 6.59. The molecule has 1 heterocycles. The van der Waals surface area contributed by atoms with Crippen molar-refractivity contribution in [3.8, 4) is 0 Å². The highest BCUT2D eigenvalue weighted by Crippen LogP contribution is 2.15. The number of nitrogens with one attached hydrogen (secondary N) is 1. The highest BCUT2D eigenvalue weighted by molar-refractivity contribution is 5.85. The molecule has 0 aliphatic heterocycles. The molecule has 0 fully saturated rings. The molecule has 0 aliphatic rings. The fourth-order valence-electron chi connectivity index (χ4n) is 1.17. The predicted octanol–water partition coefficient (Wildman–Crippen LogP) is 1.26. The van der Waals surface area contributed by atoms with E-state index in [0.717, 1.165) is 0 Å². The zero-order valence-electron chi connectivity index (χ0n) is 9.94. The smallest absolute Gasteiger partial charge is 0.412 e. The Morgan fingerprint density at radius 1 is 1.62 bits per heavy atom. The van der Waals surface area contributed by atoms with E-state index in [2.05, 4.69) is 10.4 Å². The molecule has 0 saturated heterocycles. The van der Waals surface area contributed by atoms with Crippen molar-refractivity contribution >= 4 is 11.8 Å². The minimum absolute atomic E-state index is 0.230. The second-order valence-corrected chi connectivity index (χ2v) is 4.45. The van der Waals surface area contributed by atoms with Crippen LogP contribution in [0.3, 0.4) is 0 Å². The summed E-state index contributed by atoms with van der Waals surface area (Å²) >= 11 is 0. The Kier molecular flexibility index (Phi) is 3.54. The van der Waals surface area contributed by atoms with E-state index in [1.807, 2.05) is 0 Å². The fraction of sp³-hybridized carbons (Fsp3) is 0.600. The van der Waals surface area contributed by atoms with Gasteiger partial charge >= 0.3 is 6.09 Å². The van der Waals surface area contributed by atoms with Crippen LogP contribution in [-0.4, -0.2) is 26.6 Å². The van der Waals surface area contributed by atoms with Gasteiger partial charge in [-0.1, -0.05) is 0 Å². The van der Waals surface area contributed by atoms with Crippen LogP contribution in [0, 0.1) is 0 Å². The molecule has 6 nitrogen and oxygen atoms in total. The average molecular weight is 227 g/mol. The quantitative estimate of drug-likeness (QED) is 0.797. The van der Waals surface area contributed by atoms with Crippen LogP contribution in [0.15, 0.2) is 6.20 Å². The number of aliphatic hydroxyl groups excluding tert-OH is 1. The first-order chi connectivity index (χ1) is 7.31. The van der Waals surface area contributed by atoms with Gasteiger partial charge in [-0.2, -0.15) is 5.10 Å². The van der Waals surface area contributed by atoms with E-state index in [1.54, 1.807) is 34.0 Å². The van der Waals surface area contributed by atoms with Crippen molar-refractivity contribution in [3.05, 3.63) is 11.9 Å². The third kappa shape index (κ3) is 3.54. The first kappa shape index (κ1) is 12.5. The van der Waals surface area contributed by atoms with Crippen molar-refractivity contribution in [2.24, 2.45) is 7.05 Å². The fourth-order valence-corrected chi connectivity index (χ4v) is 1.17. The van der Waals surface area contributed by atoms with Gasteiger partial charge in [0.1, 0.15) is 11.3 Å². The van der Waals surface area contributed by atoms with Crippen LogP contribution in [0.4, 0.5) is 10.5 Å². The summed E-state index contributed by atoms with van der Waals surface area (Å²) in [6.45, 7) is 5.11. The summed E-state index contributed by atoms with van der Waals surface area (Å²) in [6, 6.07) is 0. The van der Waals surface area contributed by atoms with Crippen LogP contribution < -0.4 is 5.32 Å². The van der Waals surface area contributed by atoms with Gasteiger partial charge in [-0.15, -0.1) is 0 Å². The van der Waals surface area contributed by atoms with Gasteiger partial charge in [-0.3, -0.25) is 10.00 Å². The summed E-state index contributed by atoms with van der Waals surface area (Å²) in [7, 11) is 1.71. The van der Waals surface area contributed by atoms with Crippen molar-refractivity contribution in [2.45, 2.75) is 33.0 Å². The second-order valence-electron chi connectivity index (χ2n) is 4.45. The molecule has 1 rings (SSSR count). The van der Waals surface area contributed by atoms with Gasteiger partial charge in [-0.05, 0) is 20.8 Å². The molecule has 0 aliphatic carbocycles. The molecular weight excluding hydrogens is 210 g/mol. The molecule has 6 heteroatoms. The topological polar surface area (TPSA) is 76.4 Å². The van der Waals surface area contributed by atoms with Crippen LogP contribution >= 0.6 is 0 Å². The Morgan fingerprint density at radius 3 is 2.75 bits per heavy atom. The molecule has 0 aromatic carbocycles. The molecule has 0 spiro atoms. The molecule has 0 bridgehead atoms. The number of aryl methyl sites for hydroxylation is 1. The zero-order valence-corrected chi connectivity index (χ0v) is 9.94. The summed E-state index contributed by atoms with van der Waals surface area (Å²) in [5.41, 5.74) is 0.318. The van der Waals surface area contributed by atoms with Gasteiger partial charge in [0.15, 0.2) is 0 Å². The van der Waals surface area contributed by atoms with Crippen LogP contribution in [-0.2, 0) is 18.4 Å². The number of carbonyl (C=O) groups excluding carboxylic acids is 1. The minimum atomic E-state index is -0.560. The number of hydrogen-bond acceptors (Lipinski definition) is 4. The van der Waals surface area contributed by atoms with E-state index in [0.29, 0.717) is 11.4 Å². The van der Waals surface area contributed by atoms with Crippen LogP contribution in [0.25, 0.3) is 0 Å². The maximum absolute atomic E-state index is 11.5. The Bertz CT molecular complexity index is 379. The first-order valence-corrected chi connectivity index (χ1v) is 4.95. The van der Waals surface area contributed by atoms with Crippen LogP contribution in [0.5, 0.6) is 0 Å². The predicted molar refractivity (Wildman–Crippen MR) is 59.0 cm³/mol. The van der Waals surface area contributed by atoms with Crippen molar-refractivity contribution in [1.82, 2.24) is 9.78 Å². The van der Waals surface area contributed by atoms with Gasteiger partial charge in [-0.25, -0.2) is 4.79 Å². The summed E-state index contributed by atoms with van der Waals surface area (Å²) in [6.07, 6.45) is 1.05. The number of aromatic nitrogens is 2. The van der Waals surface area contributed by atoms with Gasteiger partial charge in [0.25, 0.3) is 0 Å². The van der Waals surface area contributed by atoms with Gasteiger partial charge in [0.05, 0.1) is 12.3 Å². The third-order valence-electron chi connectivity index (χ3n) is 1.69. The van der Waals surface area contributed by atoms with Gasteiger partial charge in [0, 0.05) is 13.2 Å². The lowest BCUT2D eigenvalue weighted by atomic mass is 10.2. The number of aliphatic hydroxyl groups is 1. The summed E-state index contributed by atoms with van der Waals surface area (Å²) in [5.74, 6) is 0. The van der Waals surface area contributed by atoms with E-state index < -0.39 is 11.7 Å². The molecule has 0 unspecified atom stereocenters. The highest BCUT2D eigenvalue weighted by atomic mass is 16.6. The van der Waals surface area contributed by atoms with Crippen molar-refractivity contribution in [2.75, 3.05) is 5.32 Å². The van der Waals surface area contributed by atoms with Crippen LogP contribution in [0.1, 0.15) is 26.5 Å². The third-order valence-corrected chi connectivity index (χ3v) is 1.69. The zero-order chi connectivity index (χ0) is 12.3. The van der Waals surface area contributed by atoms with Crippen LogP contribution in [0.2, 0.25) is 0 Å². The van der Waals surface area contributed by atoms with E-state index >= 15 is 0 Å². The van der Waals surface area contributed by atoms with Gasteiger partial charge in [0.2, 0.25) is 0 Å². The van der Waals surface area contributed by atoms with Crippen molar-refractivity contribution in [3.63, 3.8) is 0 Å². The molecule has 0 saturated carbocycles. The molecule has 90 valence electrons. The SMILES string of the molecule is Cn1cc(NC(=O)OC(C)(C)C)c(CO)n1. The number of anilines is 1. The minimum Gasteiger partial charge on any atom is -0.444 e. The summed E-state index contributed by atoms with van der Waals surface area (Å²) in [5, 5.41) is 15.5. The number of nitrogens with zero attached hydrogens (tertiary/aromatic N) is 2. The molecular formula is C10H17N3O3. The molecule has 1 aromatic heterocycles. The Hall–Kier alpha value is -1.56. The number of amides is 1. The Morgan fingerprint density at radius 2 is 2.25 bits per heavy atom. The maximum Gasteiger partial charge on any atom is 0.412 e. The normalized spacial score (nSPS) is 11.3. The molecule has 16 heavy (non-hydrogen) atoms. The van der Waals surface area contributed by atoms with E-state index in [4.69, 9.17) is 9.84 Å². The number of carbonyl (C=O) groups is 1. The largest absolute Gasteiger partial charge is 0.444 e. The highest BCUT2D eigenvalue weighted by Gasteiger charge is 2.18. The van der Waals surface area contributed by atoms with Gasteiger partial charge < -0.3 is 9.84 Å². The number of rotatable bonds is 2. The van der Waals surface area contributed by atoms with E-state index in [1.165, 1.54) is 4.68 Å². The van der Waals surface area contributed by atoms with Crippen molar-refractivity contribution in [1.29, 1.82) is 0 Å². The number of ether oxygens (including phenoxy) is 1. The molecule has 0 atom stereocenters. The lowest BCUT2D eigenvalue weighted by Crippen LogP contribution is -2.27. The lowest BCUT2D eigenvalue weighted by molar-refractivity contribution is 0.0635. The first-order valence-electron chi connectivity index (χ1n) is 4.95. The monoisotopic (exact) mass is 227 g/mol. The van der Waals surface area contributed by atoms with E-state index in [9.17, 15) is 4.79 Å². The maximum atomic E-state index is 11.5.